The molecule has 1 atom stereocenters. The number of nitrogens with zero attached hydrogens (tertiary/aromatic N) is 1. The van der Waals surface area contributed by atoms with Crippen LogP contribution in [0.3, 0.4) is 0 Å². The van der Waals surface area contributed by atoms with Crippen molar-refractivity contribution in [3.8, 4) is 0 Å². The van der Waals surface area contributed by atoms with Crippen molar-refractivity contribution in [3.05, 3.63) is 0 Å². The number of carbonyl (C=O) groups is 1. The van der Waals surface area contributed by atoms with Crippen molar-refractivity contribution in [1.29, 1.82) is 0 Å². The van der Waals surface area contributed by atoms with E-state index in [1.807, 2.05) is 0 Å². The number of nitrogens with one attached hydrogen (secondary N) is 1. The number of carboxylic acid groups (broad SMARTS) is 1. The van der Waals surface area contributed by atoms with E-state index >= 15 is 0 Å². The van der Waals surface area contributed by atoms with Gasteiger partial charge in [0.15, 0.2) is 0 Å². The van der Waals surface area contributed by atoms with Crippen molar-refractivity contribution >= 4 is 5.97 Å². The maximum atomic E-state index is 12.2. The molecule has 0 radical (unpaired) electrons. The highest BCUT2D eigenvalue weighted by Gasteiger charge is 2.30. The van der Waals surface area contributed by atoms with Gasteiger partial charge in [-0.15, -0.1) is 0 Å². The molecule has 7 heteroatoms. The van der Waals surface area contributed by atoms with Crippen LogP contribution in [-0.2, 0) is 4.79 Å². The molecule has 0 aromatic rings. The molecule has 0 aliphatic heterocycles. The van der Waals surface area contributed by atoms with Crippen LogP contribution in [0.15, 0.2) is 0 Å². The average molecular weight is 270 g/mol. The van der Waals surface area contributed by atoms with Crippen molar-refractivity contribution < 1.29 is 23.1 Å². The van der Waals surface area contributed by atoms with Crippen molar-refractivity contribution in [3.63, 3.8) is 0 Å². The Morgan fingerprint density at radius 3 is 2.28 bits per heavy atom. The predicted molar refractivity (Wildman–Crippen MR) is 62.5 cm³/mol. The van der Waals surface area contributed by atoms with Gasteiger partial charge in [0, 0.05) is 12.6 Å². The Bertz CT molecular complexity index is 257. The van der Waals surface area contributed by atoms with Gasteiger partial charge in [-0.25, -0.2) is 0 Å². The van der Waals surface area contributed by atoms with Gasteiger partial charge in [-0.05, 0) is 13.0 Å². The second kappa shape index (κ2) is 7.58. The van der Waals surface area contributed by atoms with Gasteiger partial charge in [0.25, 0.3) is 0 Å². The minimum absolute atomic E-state index is 0.0243. The summed E-state index contributed by atoms with van der Waals surface area (Å²) in [7, 11) is 0. The standard InChI is InChI=1S/C11H21F3N2O2/c1-4-16(7-11(12,13)14)6-5-9(10(17)18)15-8(2)3/h8-9,15H,4-7H2,1-3H3,(H,17,18). The van der Waals surface area contributed by atoms with Crippen LogP contribution in [0, 0.1) is 0 Å². The summed E-state index contributed by atoms with van der Waals surface area (Å²) >= 11 is 0. The molecule has 0 amide bonds. The fraction of sp³-hybridized carbons (Fsp3) is 0.909. The van der Waals surface area contributed by atoms with E-state index in [-0.39, 0.29) is 25.6 Å². The number of aliphatic carboxylic acids is 1. The summed E-state index contributed by atoms with van der Waals surface area (Å²) in [6, 6.07) is -0.837. The monoisotopic (exact) mass is 270 g/mol. The lowest BCUT2D eigenvalue weighted by atomic mass is 10.1. The molecule has 108 valence electrons. The number of halogens is 3. The van der Waals surface area contributed by atoms with Crippen LogP contribution in [0.2, 0.25) is 0 Å². The van der Waals surface area contributed by atoms with Crippen LogP contribution in [0.25, 0.3) is 0 Å². The highest BCUT2D eigenvalue weighted by molar-refractivity contribution is 5.73. The van der Waals surface area contributed by atoms with E-state index in [1.54, 1.807) is 20.8 Å². The number of rotatable bonds is 8. The lowest BCUT2D eigenvalue weighted by molar-refractivity contribution is -0.146. The van der Waals surface area contributed by atoms with Crippen molar-refractivity contribution in [2.24, 2.45) is 0 Å². The molecule has 1 unspecified atom stereocenters. The van der Waals surface area contributed by atoms with Crippen molar-refractivity contribution in [2.75, 3.05) is 19.6 Å². The van der Waals surface area contributed by atoms with Crippen LogP contribution >= 0.6 is 0 Å². The summed E-state index contributed by atoms with van der Waals surface area (Å²) in [6.45, 7) is 4.56. The van der Waals surface area contributed by atoms with Gasteiger partial charge in [0.1, 0.15) is 6.04 Å². The Balaban J connectivity index is 4.26. The molecule has 0 rings (SSSR count). The summed E-state index contributed by atoms with van der Waals surface area (Å²) in [6.07, 6.45) is -4.10. The molecule has 0 aliphatic rings. The maximum absolute atomic E-state index is 12.2. The Morgan fingerprint density at radius 2 is 1.94 bits per heavy atom. The van der Waals surface area contributed by atoms with Crippen LogP contribution in [0.5, 0.6) is 0 Å². The van der Waals surface area contributed by atoms with E-state index in [9.17, 15) is 18.0 Å². The first-order valence-corrected chi connectivity index (χ1v) is 5.93. The molecule has 0 fully saturated rings. The minimum atomic E-state index is -4.25. The second-order valence-electron chi connectivity index (χ2n) is 4.48. The first-order chi connectivity index (χ1) is 8.15. The summed E-state index contributed by atoms with van der Waals surface area (Å²) in [5.74, 6) is -1.04. The van der Waals surface area contributed by atoms with Crippen LogP contribution < -0.4 is 5.32 Å². The van der Waals surface area contributed by atoms with Gasteiger partial charge in [0.05, 0.1) is 6.54 Å². The largest absolute Gasteiger partial charge is 0.480 e. The molecule has 0 bridgehead atoms. The molecular formula is C11H21F3N2O2. The second-order valence-corrected chi connectivity index (χ2v) is 4.48. The number of alkyl halides is 3. The fourth-order valence-electron chi connectivity index (χ4n) is 1.59. The van der Waals surface area contributed by atoms with Gasteiger partial charge in [-0.2, -0.15) is 13.2 Å². The van der Waals surface area contributed by atoms with Gasteiger partial charge in [-0.3, -0.25) is 9.69 Å². The Kier molecular flexibility index (Phi) is 7.23. The highest BCUT2D eigenvalue weighted by Crippen LogP contribution is 2.16. The normalized spacial score (nSPS) is 14.2. The number of hydrogen-bond donors (Lipinski definition) is 2. The predicted octanol–water partition coefficient (Wildman–Crippen LogP) is 1.71. The van der Waals surface area contributed by atoms with Gasteiger partial charge >= 0.3 is 12.1 Å². The first kappa shape index (κ1) is 17.2. The molecule has 2 N–H and O–H groups in total. The van der Waals surface area contributed by atoms with Gasteiger partial charge < -0.3 is 10.4 Å². The zero-order valence-electron chi connectivity index (χ0n) is 10.9. The molecule has 0 heterocycles. The topological polar surface area (TPSA) is 52.6 Å². The minimum Gasteiger partial charge on any atom is -0.480 e. The average Bonchev–Trinajstić information content (AvgIpc) is 2.19. The number of carboxylic acids is 1. The Morgan fingerprint density at radius 1 is 1.39 bits per heavy atom. The highest BCUT2D eigenvalue weighted by atomic mass is 19.4. The smallest absolute Gasteiger partial charge is 0.401 e. The molecule has 0 aromatic carbocycles. The molecule has 0 spiro atoms. The first-order valence-electron chi connectivity index (χ1n) is 5.93. The zero-order chi connectivity index (χ0) is 14.3. The molecule has 0 saturated heterocycles. The fourth-order valence-corrected chi connectivity index (χ4v) is 1.59. The van der Waals surface area contributed by atoms with Gasteiger partial charge in [-0.1, -0.05) is 20.8 Å². The van der Waals surface area contributed by atoms with Crippen molar-refractivity contribution in [1.82, 2.24) is 10.2 Å². The summed E-state index contributed by atoms with van der Waals surface area (Å²) in [5.41, 5.74) is 0. The van der Waals surface area contributed by atoms with Gasteiger partial charge in [0.2, 0.25) is 0 Å². The Labute approximate surface area is 105 Å². The number of hydrogen-bond acceptors (Lipinski definition) is 3. The third-order valence-electron chi connectivity index (χ3n) is 2.42. The third kappa shape index (κ3) is 8.30. The Hall–Kier alpha value is -0.820. The molecule has 18 heavy (non-hydrogen) atoms. The third-order valence-corrected chi connectivity index (χ3v) is 2.42. The van der Waals surface area contributed by atoms with Crippen molar-refractivity contribution in [2.45, 2.75) is 45.5 Å². The molecule has 0 aliphatic carbocycles. The quantitative estimate of drug-likeness (QED) is 0.705. The van der Waals surface area contributed by atoms with E-state index in [0.29, 0.717) is 0 Å². The molecule has 4 nitrogen and oxygen atoms in total. The van der Waals surface area contributed by atoms with Crippen LogP contribution in [0.4, 0.5) is 13.2 Å². The zero-order valence-corrected chi connectivity index (χ0v) is 10.9. The van der Waals surface area contributed by atoms with Crippen LogP contribution in [-0.4, -0.2) is 53.9 Å². The summed E-state index contributed by atoms with van der Waals surface area (Å²) < 4.78 is 36.6. The van der Waals surface area contributed by atoms with E-state index < -0.39 is 24.7 Å². The van der Waals surface area contributed by atoms with E-state index in [1.165, 1.54) is 4.90 Å². The van der Waals surface area contributed by atoms with E-state index in [2.05, 4.69) is 5.32 Å². The lowest BCUT2D eigenvalue weighted by Crippen LogP contribution is -2.44. The summed E-state index contributed by atoms with van der Waals surface area (Å²) in [5, 5.41) is 11.8. The SMILES string of the molecule is CCN(CCC(NC(C)C)C(=O)O)CC(F)(F)F. The molecular weight excluding hydrogens is 249 g/mol. The van der Waals surface area contributed by atoms with Crippen LogP contribution in [0.1, 0.15) is 27.2 Å². The molecule has 0 saturated carbocycles. The lowest BCUT2D eigenvalue weighted by Gasteiger charge is -2.24. The van der Waals surface area contributed by atoms with E-state index in [4.69, 9.17) is 5.11 Å². The maximum Gasteiger partial charge on any atom is 0.401 e. The molecule has 0 aromatic heterocycles. The van der Waals surface area contributed by atoms with E-state index in [0.717, 1.165) is 0 Å². The summed E-state index contributed by atoms with van der Waals surface area (Å²) in [4.78, 5) is 12.1.